The number of amides is 2. The second-order valence-corrected chi connectivity index (χ2v) is 11.9. The van der Waals surface area contributed by atoms with Crippen LogP contribution in [0.1, 0.15) is 62.8 Å². The summed E-state index contributed by atoms with van der Waals surface area (Å²) in [5.41, 5.74) is 2.96. The number of anilines is 1. The second-order valence-electron chi connectivity index (χ2n) is 11.9. The van der Waals surface area contributed by atoms with Crippen LogP contribution in [-0.4, -0.2) is 67.7 Å². The highest BCUT2D eigenvalue weighted by Gasteiger charge is 2.41. The van der Waals surface area contributed by atoms with Crippen molar-refractivity contribution in [1.29, 1.82) is 0 Å². The van der Waals surface area contributed by atoms with Crippen LogP contribution in [0.25, 0.3) is 0 Å². The number of aliphatic carboxylic acids is 1. The molecule has 0 radical (unpaired) electrons. The zero-order valence-electron chi connectivity index (χ0n) is 24.2. The van der Waals surface area contributed by atoms with E-state index in [4.69, 9.17) is 14.2 Å². The lowest BCUT2D eigenvalue weighted by molar-refractivity contribution is -0.148. The molecule has 3 unspecified atom stereocenters. The number of fused-ring (bicyclic) bond motifs is 1. The maximum absolute atomic E-state index is 14.2. The molecule has 3 atom stereocenters. The molecule has 0 aliphatic carbocycles. The average molecular weight is 553 g/mol. The molecule has 9 heteroatoms. The molecule has 9 nitrogen and oxygen atoms in total. The smallest absolute Gasteiger partial charge is 0.308 e. The fourth-order valence-electron chi connectivity index (χ4n) is 5.54. The summed E-state index contributed by atoms with van der Waals surface area (Å²) in [4.78, 5) is 42.6. The van der Waals surface area contributed by atoms with Crippen molar-refractivity contribution in [3.63, 3.8) is 0 Å². The van der Waals surface area contributed by atoms with Crippen LogP contribution < -0.4 is 14.4 Å². The minimum atomic E-state index is -1.09. The van der Waals surface area contributed by atoms with Crippen LogP contribution >= 0.6 is 0 Å². The van der Waals surface area contributed by atoms with Crippen LogP contribution in [0.2, 0.25) is 0 Å². The van der Waals surface area contributed by atoms with Gasteiger partial charge in [0, 0.05) is 36.4 Å². The number of carbonyl (C=O) groups excluding carboxylic acids is 2. The lowest BCUT2D eigenvalue weighted by atomic mass is 9.93. The van der Waals surface area contributed by atoms with Gasteiger partial charge in [-0.15, -0.1) is 0 Å². The molecule has 2 aliphatic heterocycles. The van der Waals surface area contributed by atoms with Gasteiger partial charge in [0.25, 0.3) is 5.91 Å². The lowest BCUT2D eigenvalue weighted by Gasteiger charge is -2.33. The number of likely N-dealkylation sites (tertiary alicyclic amines) is 1. The normalized spacial score (nSPS) is 21.4. The first-order valence-corrected chi connectivity index (χ1v) is 13.7. The summed E-state index contributed by atoms with van der Waals surface area (Å²) in [6, 6.07) is 11.4. The number of rotatable bonds is 7. The van der Waals surface area contributed by atoms with Crippen molar-refractivity contribution in [1.82, 2.24) is 4.90 Å². The number of aryl methyl sites for hydroxylation is 1. The molecular weight excluding hydrogens is 512 g/mol. The summed E-state index contributed by atoms with van der Waals surface area (Å²) < 4.78 is 17.9. The Bertz CT molecular complexity index is 1270. The molecule has 0 aromatic heterocycles. The third-order valence-corrected chi connectivity index (χ3v) is 7.43. The number of carboxylic acid groups (broad SMARTS) is 1. The molecule has 2 amide bonds. The Morgan fingerprint density at radius 1 is 1.10 bits per heavy atom. The van der Waals surface area contributed by atoms with Crippen LogP contribution in [0, 0.1) is 18.3 Å². The largest absolute Gasteiger partial charge is 0.493 e. The van der Waals surface area contributed by atoms with E-state index in [1.807, 2.05) is 37.3 Å². The van der Waals surface area contributed by atoms with Gasteiger partial charge in [0.1, 0.15) is 12.2 Å². The molecule has 2 heterocycles. The van der Waals surface area contributed by atoms with Crippen LogP contribution in [0.15, 0.2) is 36.4 Å². The van der Waals surface area contributed by atoms with E-state index in [2.05, 4.69) is 20.8 Å². The topological polar surface area (TPSA) is 106 Å². The van der Waals surface area contributed by atoms with Gasteiger partial charge in [0.15, 0.2) is 11.5 Å². The van der Waals surface area contributed by atoms with Gasteiger partial charge >= 0.3 is 5.97 Å². The highest BCUT2D eigenvalue weighted by Crippen LogP contribution is 2.45. The van der Waals surface area contributed by atoms with Gasteiger partial charge in [-0.1, -0.05) is 50.6 Å². The molecule has 2 aromatic carbocycles. The van der Waals surface area contributed by atoms with E-state index >= 15 is 0 Å². The van der Waals surface area contributed by atoms with E-state index in [9.17, 15) is 19.5 Å². The van der Waals surface area contributed by atoms with Gasteiger partial charge < -0.3 is 29.1 Å². The molecule has 1 N–H and O–H groups in total. The molecule has 4 rings (SSSR count). The van der Waals surface area contributed by atoms with E-state index < -0.39 is 24.1 Å². The van der Waals surface area contributed by atoms with Gasteiger partial charge in [-0.25, -0.2) is 0 Å². The van der Waals surface area contributed by atoms with Gasteiger partial charge in [0.05, 0.1) is 26.6 Å². The molecular formula is C31H40N2O7. The Kier molecular flexibility index (Phi) is 8.73. The number of para-hydroxylation sites is 1. The molecule has 0 spiro atoms. The Hall–Kier alpha value is -3.59. The molecule has 0 bridgehead atoms. The van der Waals surface area contributed by atoms with E-state index in [0.717, 1.165) is 16.8 Å². The monoisotopic (exact) mass is 552 g/mol. The number of methoxy groups -OCH3 is 2. The van der Waals surface area contributed by atoms with Crippen LogP contribution in [0.5, 0.6) is 11.5 Å². The standard InChI is InChI=1S/C31H40N2O7/c1-19-12-13-23-22(15-19)27(21-10-7-11-24(38-5)28(21)39-6)40-25(29(35)33(23)18-31(2,3)4)16-26(34)32-14-8-9-20(17-32)30(36)37/h7,10-13,15,20,25,27H,8-9,14,16-18H2,1-6H3,(H,36,37). The summed E-state index contributed by atoms with van der Waals surface area (Å²) in [6.45, 7) is 9.17. The van der Waals surface area contributed by atoms with E-state index in [1.54, 1.807) is 30.1 Å². The van der Waals surface area contributed by atoms with Crippen molar-refractivity contribution in [3.8, 4) is 11.5 Å². The Labute approximate surface area is 236 Å². The molecule has 1 fully saturated rings. The maximum atomic E-state index is 14.2. The predicted octanol–water partition coefficient (Wildman–Crippen LogP) is 4.59. The van der Waals surface area contributed by atoms with Crippen molar-refractivity contribution < 1.29 is 33.7 Å². The SMILES string of the molecule is COc1cccc(C2OC(CC(=O)N3CCCC(C(=O)O)C3)C(=O)N(CC(C)(C)C)c3ccc(C)cc32)c1OC. The second kappa shape index (κ2) is 11.9. The molecule has 2 aliphatic rings. The lowest BCUT2D eigenvalue weighted by Crippen LogP contribution is -2.47. The fraction of sp³-hybridized carbons (Fsp3) is 0.516. The van der Waals surface area contributed by atoms with Gasteiger partial charge in [0.2, 0.25) is 5.91 Å². The number of benzene rings is 2. The first-order valence-electron chi connectivity index (χ1n) is 13.7. The quantitative estimate of drug-likeness (QED) is 0.536. The number of hydrogen-bond acceptors (Lipinski definition) is 6. The molecule has 40 heavy (non-hydrogen) atoms. The zero-order valence-corrected chi connectivity index (χ0v) is 24.2. The highest BCUT2D eigenvalue weighted by atomic mass is 16.5. The Balaban J connectivity index is 1.80. The van der Waals surface area contributed by atoms with E-state index in [1.165, 1.54) is 0 Å². The van der Waals surface area contributed by atoms with Gasteiger partial charge in [-0.2, -0.15) is 0 Å². The predicted molar refractivity (Wildman–Crippen MR) is 151 cm³/mol. The number of ether oxygens (including phenoxy) is 3. The third kappa shape index (κ3) is 6.25. The highest BCUT2D eigenvalue weighted by molar-refractivity contribution is 6.00. The number of hydrogen-bond donors (Lipinski definition) is 1. The minimum absolute atomic E-state index is 0.132. The van der Waals surface area contributed by atoms with E-state index in [-0.39, 0.29) is 30.2 Å². The number of piperidine rings is 1. The third-order valence-electron chi connectivity index (χ3n) is 7.43. The van der Waals surface area contributed by atoms with Crippen LogP contribution in [-0.2, 0) is 19.1 Å². The average Bonchev–Trinajstić information content (AvgIpc) is 3.02. The first-order chi connectivity index (χ1) is 18.9. The zero-order chi connectivity index (χ0) is 29.2. The molecule has 1 saturated heterocycles. The fourth-order valence-corrected chi connectivity index (χ4v) is 5.54. The molecule has 2 aromatic rings. The molecule has 0 saturated carbocycles. The van der Waals surface area contributed by atoms with Gasteiger partial charge in [-0.05, 0) is 37.3 Å². The van der Waals surface area contributed by atoms with Crippen LogP contribution in [0.4, 0.5) is 5.69 Å². The Morgan fingerprint density at radius 3 is 2.50 bits per heavy atom. The summed E-state index contributed by atoms with van der Waals surface area (Å²) in [5, 5.41) is 9.51. The van der Waals surface area contributed by atoms with Crippen LogP contribution in [0.3, 0.4) is 0 Å². The summed E-state index contributed by atoms with van der Waals surface area (Å²) in [6.07, 6.45) is -0.869. The van der Waals surface area contributed by atoms with Crippen molar-refractivity contribution in [2.24, 2.45) is 11.3 Å². The van der Waals surface area contributed by atoms with Crippen molar-refractivity contribution >= 4 is 23.5 Å². The number of carbonyl (C=O) groups is 3. The number of nitrogens with zero attached hydrogens (tertiary/aromatic N) is 2. The molecule has 216 valence electrons. The van der Waals surface area contributed by atoms with E-state index in [0.29, 0.717) is 43.0 Å². The Morgan fingerprint density at radius 2 is 1.85 bits per heavy atom. The van der Waals surface area contributed by atoms with Gasteiger partial charge in [-0.3, -0.25) is 14.4 Å². The minimum Gasteiger partial charge on any atom is -0.493 e. The van der Waals surface area contributed by atoms with Crippen molar-refractivity contribution in [3.05, 3.63) is 53.1 Å². The summed E-state index contributed by atoms with van der Waals surface area (Å²) in [5.74, 6) is -1.10. The first kappa shape index (κ1) is 29.4. The van der Waals surface area contributed by atoms with Crippen molar-refractivity contribution in [2.75, 3.05) is 38.8 Å². The summed E-state index contributed by atoms with van der Waals surface area (Å²) in [7, 11) is 3.12. The number of carboxylic acids is 1. The maximum Gasteiger partial charge on any atom is 0.308 e. The summed E-state index contributed by atoms with van der Waals surface area (Å²) >= 11 is 0. The van der Waals surface area contributed by atoms with Crippen molar-refractivity contribution in [2.45, 2.75) is 59.2 Å².